The molecule has 1 aliphatic rings. The summed E-state index contributed by atoms with van der Waals surface area (Å²) >= 11 is 5.96. The first-order chi connectivity index (χ1) is 12.7. The molecule has 3 rings (SSSR count). The number of hydrogen-bond acceptors (Lipinski definition) is 3. The molecule has 7 heteroatoms. The lowest BCUT2D eigenvalue weighted by Gasteiger charge is -2.22. The fourth-order valence-corrected chi connectivity index (χ4v) is 3.80. The number of carbonyl (C=O) groups is 1. The number of urea groups is 1. The maximum atomic E-state index is 12.5. The van der Waals surface area contributed by atoms with Crippen LogP contribution in [0.2, 0.25) is 5.02 Å². The van der Waals surface area contributed by atoms with Gasteiger partial charge in [-0.25, -0.2) is 13.2 Å². The Morgan fingerprint density at radius 3 is 2.07 bits per heavy atom. The molecule has 2 aromatic carbocycles. The monoisotopic (exact) mass is 406 g/mol. The van der Waals surface area contributed by atoms with E-state index in [-0.39, 0.29) is 23.0 Å². The van der Waals surface area contributed by atoms with Crippen molar-refractivity contribution in [2.24, 2.45) is 5.92 Å². The maximum Gasteiger partial charge on any atom is 0.315 e. The van der Waals surface area contributed by atoms with Crippen LogP contribution in [0.3, 0.4) is 0 Å². The molecular weight excluding hydrogens is 384 g/mol. The lowest BCUT2D eigenvalue weighted by Crippen LogP contribution is -2.39. The first kappa shape index (κ1) is 19.7. The van der Waals surface area contributed by atoms with Crippen molar-refractivity contribution in [3.05, 3.63) is 64.7 Å². The summed E-state index contributed by atoms with van der Waals surface area (Å²) in [4.78, 5) is 12.8. The normalized spacial score (nSPS) is 16.4. The molecular formula is C20H23ClN2O3S. The van der Waals surface area contributed by atoms with Crippen LogP contribution >= 0.6 is 11.6 Å². The Kier molecular flexibility index (Phi) is 5.77. The molecule has 2 atom stereocenters. The zero-order chi connectivity index (χ0) is 19.6. The van der Waals surface area contributed by atoms with Gasteiger partial charge in [0, 0.05) is 11.3 Å². The van der Waals surface area contributed by atoms with Gasteiger partial charge < -0.3 is 10.6 Å². The predicted octanol–water partition coefficient (Wildman–Crippen LogP) is 4.26. The van der Waals surface area contributed by atoms with Gasteiger partial charge in [0.05, 0.1) is 17.0 Å². The average Bonchev–Trinajstić information content (AvgIpc) is 3.45. The Hall–Kier alpha value is -2.05. The number of halogens is 1. The summed E-state index contributed by atoms with van der Waals surface area (Å²) in [5, 5.41) is 6.66. The molecule has 0 aromatic heterocycles. The van der Waals surface area contributed by atoms with Gasteiger partial charge >= 0.3 is 6.03 Å². The van der Waals surface area contributed by atoms with E-state index in [4.69, 9.17) is 11.6 Å². The summed E-state index contributed by atoms with van der Waals surface area (Å²) < 4.78 is 23.1. The summed E-state index contributed by atoms with van der Waals surface area (Å²) in [7, 11) is -3.23. The van der Waals surface area contributed by atoms with E-state index >= 15 is 0 Å². The Morgan fingerprint density at radius 1 is 1.00 bits per heavy atom. The van der Waals surface area contributed by atoms with E-state index in [2.05, 4.69) is 10.6 Å². The predicted molar refractivity (Wildman–Crippen MR) is 107 cm³/mol. The topological polar surface area (TPSA) is 75.3 Å². The lowest BCUT2D eigenvalue weighted by atomic mass is 10.0. The highest BCUT2D eigenvalue weighted by Crippen LogP contribution is 2.41. The zero-order valence-electron chi connectivity index (χ0n) is 15.3. The lowest BCUT2D eigenvalue weighted by molar-refractivity contribution is 0.232. The van der Waals surface area contributed by atoms with Crippen molar-refractivity contribution in [3.8, 4) is 0 Å². The van der Waals surface area contributed by atoms with E-state index in [0.717, 1.165) is 24.0 Å². The number of carbonyl (C=O) groups excluding carboxylic acids is 1. The van der Waals surface area contributed by atoms with E-state index in [1.54, 1.807) is 24.3 Å². The van der Waals surface area contributed by atoms with E-state index in [9.17, 15) is 13.2 Å². The van der Waals surface area contributed by atoms with Crippen molar-refractivity contribution < 1.29 is 13.2 Å². The molecule has 1 aliphatic carbocycles. The summed E-state index contributed by atoms with van der Waals surface area (Å²) in [5.74, 6) is 0.446. The fourth-order valence-electron chi connectivity index (χ4n) is 3.04. The minimum Gasteiger partial charge on any atom is -0.332 e. The van der Waals surface area contributed by atoms with Crippen LogP contribution in [0.25, 0.3) is 0 Å². The van der Waals surface area contributed by atoms with Crippen LogP contribution in [-0.2, 0) is 9.84 Å². The molecule has 0 aliphatic heterocycles. The second-order valence-electron chi connectivity index (χ2n) is 7.05. The Bertz CT molecular complexity index is 907. The standard InChI is InChI=1S/C20H23ClN2O3S/c1-13(14-7-11-18(12-8-14)27(2,25)26)22-20(24)23-19(15-3-4-15)16-5-9-17(21)10-6-16/h5-13,15,19H,3-4H2,1-2H3,(H2,22,23,24). The van der Waals surface area contributed by atoms with Crippen LogP contribution in [0.4, 0.5) is 4.79 Å². The number of benzene rings is 2. The van der Waals surface area contributed by atoms with Crippen molar-refractivity contribution in [1.29, 1.82) is 0 Å². The van der Waals surface area contributed by atoms with Gasteiger partial charge in [0.15, 0.2) is 9.84 Å². The van der Waals surface area contributed by atoms with Crippen molar-refractivity contribution >= 4 is 27.5 Å². The van der Waals surface area contributed by atoms with E-state index in [0.29, 0.717) is 10.9 Å². The zero-order valence-corrected chi connectivity index (χ0v) is 16.8. The molecule has 27 heavy (non-hydrogen) atoms. The molecule has 0 heterocycles. The van der Waals surface area contributed by atoms with Crippen molar-refractivity contribution in [3.63, 3.8) is 0 Å². The molecule has 2 amide bonds. The molecule has 0 spiro atoms. The van der Waals surface area contributed by atoms with Gasteiger partial charge in [-0.05, 0) is 61.1 Å². The van der Waals surface area contributed by atoms with Gasteiger partial charge in [-0.2, -0.15) is 0 Å². The first-order valence-corrected chi connectivity index (χ1v) is 11.1. The minimum absolute atomic E-state index is 0.0397. The molecule has 5 nitrogen and oxygen atoms in total. The molecule has 1 fully saturated rings. The van der Waals surface area contributed by atoms with Gasteiger partial charge in [-0.1, -0.05) is 35.9 Å². The minimum atomic E-state index is -3.23. The quantitative estimate of drug-likeness (QED) is 0.752. The van der Waals surface area contributed by atoms with Crippen LogP contribution < -0.4 is 10.6 Å². The number of rotatable bonds is 6. The second-order valence-corrected chi connectivity index (χ2v) is 9.50. The van der Waals surface area contributed by atoms with E-state index in [1.165, 1.54) is 6.26 Å². The summed E-state index contributed by atoms with van der Waals surface area (Å²) in [6, 6.07) is 13.6. The number of hydrogen-bond donors (Lipinski definition) is 2. The third-order valence-electron chi connectivity index (χ3n) is 4.76. The van der Waals surface area contributed by atoms with Crippen LogP contribution in [0.1, 0.15) is 43.0 Å². The molecule has 0 saturated heterocycles. The number of amides is 2. The van der Waals surface area contributed by atoms with E-state index in [1.807, 2.05) is 31.2 Å². The molecule has 2 aromatic rings. The number of sulfone groups is 1. The third kappa shape index (κ3) is 5.23. The fraction of sp³-hybridized carbons (Fsp3) is 0.350. The Balaban J connectivity index is 1.64. The van der Waals surface area contributed by atoms with Crippen molar-refractivity contribution in [2.45, 2.75) is 36.7 Å². The van der Waals surface area contributed by atoms with Gasteiger partial charge in [0.25, 0.3) is 0 Å². The summed E-state index contributed by atoms with van der Waals surface area (Å²) in [6.07, 6.45) is 3.36. The second kappa shape index (κ2) is 7.90. The highest BCUT2D eigenvalue weighted by Gasteiger charge is 2.33. The SMILES string of the molecule is CC(NC(=O)NC(c1ccc(Cl)cc1)C1CC1)c1ccc(S(C)(=O)=O)cc1. The average molecular weight is 407 g/mol. The molecule has 1 saturated carbocycles. The number of nitrogens with one attached hydrogen (secondary N) is 2. The molecule has 0 radical (unpaired) electrons. The maximum absolute atomic E-state index is 12.5. The van der Waals surface area contributed by atoms with Crippen molar-refractivity contribution in [1.82, 2.24) is 10.6 Å². The summed E-state index contributed by atoms with van der Waals surface area (Å²) in [6.45, 7) is 1.86. The molecule has 2 N–H and O–H groups in total. The first-order valence-electron chi connectivity index (χ1n) is 8.86. The van der Waals surface area contributed by atoms with Gasteiger partial charge in [0.2, 0.25) is 0 Å². The summed E-state index contributed by atoms with van der Waals surface area (Å²) in [5.41, 5.74) is 1.88. The third-order valence-corrected chi connectivity index (χ3v) is 6.15. The molecule has 144 valence electrons. The van der Waals surface area contributed by atoms with Crippen LogP contribution in [0.15, 0.2) is 53.4 Å². The molecule has 0 bridgehead atoms. The molecule has 2 unspecified atom stereocenters. The smallest absolute Gasteiger partial charge is 0.315 e. The highest BCUT2D eigenvalue weighted by atomic mass is 35.5. The highest BCUT2D eigenvalue weighted by molar-refractivity contribution is 7.90. The van der Waals surface area contributed by atoms with Crippen molar-refractivity contribution in [2.75, 3.05) is 6.26 Å². The van der Waals surface area contributed by atoms with Crippen LogP contribution in [0, 0.1) is 5.92 Å². The van der Waals surface area contributed by atoms with Gasteiger partial charge in [0.1, 0.15) is 0 Å². The largest absolute Gasteiger partial charge is 0.332 e. The van der Waals surface area contributed by atoms with E-state index < -0.39 is 9.84 Å². The van der Waals surface area contributed by atoms with Gasteiger partial charge in [-0.15, -0.1) is 0 Å². The van der Waals surface area contributed by atoms with Crippen LogP contribution in [-0.4, -0.2) is 20.7 Å². The van der Waals surface area contributed by atoms with Gasteiger partial charge in [-0.3, -0.25) is 0 Å². The van der Waals surface area contributed by atoms with Crippen LogP contribution in [0.5, 0.6) is 0 Å². The Morgan fingerprint density at radius 2 is 1.56 bits per heavy atom. The Labute approximate surface area is 165 Å².